The number of unbranched alkanes of at least 4 members (excludes halogenated alkanes) is 8. The van der Waals surface area contributed by atoms with E-state index >= 15 is 0 Å². The predicted octanol–water partition coefficient (Wildman–Crippen LogP) is 6.08. The third-order valence-electron chi connectivity index (χ3n) is 4.73. The highest BCUT2D eigenvalue weighted by Gasteiger charge is 2.53. The SMILES string of the molecule is O=C(CCCCCCCCCCCN(C(F)(F)F)C(F)(F)F)Oc1ccc(S(=O)(=O)O)cc1. The fourth-order valence-corrected chi connectivity index (χ4v) is 3.52. The number of carbonyl (C=O) groups excluding carboxylic acids is 1. The van der Waals surface area contributed by atoms with Crippen molar-refractivity contribution in [2.24, 2.45) is 0 Å². The van der Waals surface area contributed by atoms with Crippen LogP contribution in [0.3, 0.4) is 0 Å². The van der Waals surface area contributed by atoms with E-state index in [2.05, 4.69) is 0 Å². The zero-order valence-electron chi connectivity index (χ0n) is 17.8. The van der Waals surface area contributed by atoms with Crippen LogP contribution in [0.2, 0.25) is 0 Å². The van der Waals surface area contributed by atoms with Gasteiger partial charge in [-0.3, -0.25) is 9.35 Å². The Kier molecular flexibility index (Phi) is 11.6. The van der Waals surface area contributed by atoms with E-state index in [0.717, 1.165) is 37.8 Å². The molecule has 0 aromatic heterocycles. The molecule has 0 atom stereocenters. The maximum absolute atomic E-state index is 12.4. The number of benzene rings is 1. The number of alkyl halides is 6. The van der Waals surface area contributed by atoms with Gasteiger partial charge in [0, 0.05) is 13.0 Å². The smallest absolute Gasteiger partial charge is 0.427 e. The minimum Gasteiger partial charge on any atom is -0.427 e. The molecule has 0 aliphatic rings. The fourth-order valence-electron chi connectivity index (χ4n) is 3.04. The average Bonchev–Trinajstić information content (AvgIpc) is 2.66. The van der Waals surface area contributed by atoms with Gasteiger partial charge in [0.1, 0.15) is 5.75 Å². The summed E-state index contributed by atoms with van der Waals surface area (Å²) in [7, 11) is -4.32. The second-order valence-electron chi connectivity index (χ2n) is 7.44. The first-order chi connectivity index (χ1) is 15.2. The lowest BCUT2D eigenvalue weighted by Crippen LogP contribution is -2.48. The van der Waals surface area contributed by atoms with Crippen molar-refractivity contribution in [3.63, 3.8) is 0 Å². The van der Waals surface area contributed by atoms with Crippen LogP contribution in [0.15, 0.2) is 29.2 Å². The van der Waals surface area contributed by atoms with E-state index in [1.165, 1.54) is 12.1 Å². The highest BCUT2D eigenvalue weighted by Crippen LogP contribution is 2.33. The molecule has 0 spiro atoms. The average molecular weight is 507 g/mol. The van der Waals surface area contributed by atoms with Gasteiger partial charge in [0.25, 0.3) is 10.1 Å². The number of esters is 1. The summed E-state index contributed by atoms with van der Waals surface area (Å²) >= 11 is 0. The Morgan fingerprint density at radius 3 is 1.64 bits per heavy atom. The first-order valence-corrected chi connectivity index (χ1v) is 11.8. The minimum absolute atomic E-state index is 0.154. The number of nitrogens with zero attached hydrogens (tertiary/aromatic N) is 1. The Morgan fingerprint density at radius 2 is 1.21 bits per heavy atom. The minimum atomic E-state index is -5.43. The summed E-state index contributed by atoms with van der Waals surface area (Å²) in [4.78, 5) is 10.1. The van der Waals surface area contributed by atoms with Gasteiger partial charge < -0.3 is 4.74 Å². The Labute approximate surface area is 188 Å². The highest BCUT2D eigenvalue weighted by atomic mass is 32.2. The van der Waals surface area contributed by atoms with Crippen molar-refractivity contribution >= 4 is 16.1 Å². The predicted molar refractivity (Wildman–Crippen MR) is 107 cm³/mol. The van der Waals surface area contributed by atoms with Crippen molar-refractivity contribution in [1.82, 2.24) is 4.90 Å². The quantitative estimate of drug-likeness (QED) is 0.0821. The van der Waals surface area contributed by atoms with Crippen LogP contribution < -0.4 is 4.74 Å². The van der Waals surface area contributed by atoms with Gasteiger partial charge in [-0.2, -0.15) is 34.8 Å². The molecule has 33 heavy (non-hydrogen) atoms. The number of ether oxygens (including phenoxy) is 1. The van der Waals surface area contributed by atoms with Gasteiger partial charge in [0.05, 0.1) is 4.90 Å². The molecule has 1 aromatic rings. The molecule has 1 N–H and O–H groups in total. The van der Waals surface area contributed by atoms with Gasteiger partial charge in [0.15, 0.2) is 0 Å². The van der Waals surface area contributed by atoms with Crippen molar-refractivity contribution in [3.05, 3.63) is 24.3 Å². The summed E-state index contributed by atoms with van der Waals surface area (Å²) < 4.78 is 110. The number of hydrogen-bond acceptors (Lipinski definition) is 5. The molecule has 0 saturated carbocycles. The van der Waals surface area contributed by atoms with Gasteiger partial charge in [-0.05, 0) is 37.1 Å². The van der Waals surface area contributed by atoms with E-state index in [1.807, 2.05) is 0 Å². The van der Waals surface area contributed by atoms with E-state index < -0.39 is 40.1 Å². The van der Waals surface area contributed by atoms with Crippen LogP contribution in [-0.4, -0.2) is 43.0 Å². The molecule has 190 valence electrons. The first-order valence-electron chi connectivity index (χ1n) is 10.4. The Bertz CT molecular complexity index is 811. The van der Waals surface area contributed by atoms with Crippen molar-refractivity contribution in [3.8, 4) is 5.75 Å². The number of hydrogen-bond donors (Lipinski definition) is 1. The molecule has 0 fully saturated rings. The number of rotatable bonds is 14. The monoisotopic (exact) mass is 507 g/mol. The Hall–Kier alpha value is -1.86. The van der Waals surface area contributed by atoms with E-state index in [-0.39, 0.29) is 29.9 Å². The Morgan fingerprint density at radius 1 is 0.788 bits per heavy atom. The molecule has 0 radical (unpaired) electrons. The van der Waals surface area contributed by atoms with Crippen molar-refractivity contribution in [2.45, 2.75) is 81.7 Å². The van der Waals surface area contributed by atoms with Crippen LogP contribution in [0.5, 0.6) is 5.75 Å². The Balaban J connectivity index is 2.07. The maximum Gasteiger partial charge on any atom is 0.467 e. The molecule has 0 aliphatic carbocycles. The molecule has 1 aromatic carbocycles. The molecule has 0 unspecified atom stereocenters. The molecule has 0 heterocycles. The molecule has 0 bridgehead atoms. The summed E-state index contributed by atoms with van der Waals surface area (Å²) in [6.45, 7) is -1.10. The molecule has 1 rings (SSSR count). The summed E-state index contributed by atoms with van der Waals surface area (Å²) in [5, 5.41) is 0. The van der Waals surface area contributed by atoms with Crippen molar-refractivity contribution in [2.75, 3.05) is 6.54 Å². The standard InChI is InChI=1S/C20H27F6NO5S/c21-19(22,23)27(20(24,25)26)15-9-7-5-3-1-2-4-6-8-10-18(28)32-16-11-13-17(14-12-16)33(29,30)31/h11-14H,1-10,15H2,(H,29,30,31). The fraction of sp³-hybridized carbons (Fsp3) is 0.650. The van der Waals surface area contributed by atoms with E-state index in [1.54, 1.807) is 0 Å². The lowest BCUT2D eigenvalue weighted by molar-refractivity contribution is -0.372. The van der Waals surface area contributed by atoms with Crippen LogP contribution in [0.1, 0.15) is 64.2 Å². The highest BCUT2D eigenvalue weighted by molar-refractivity contribution is 7.85. The van der Waals surface area contributed by atoms with Crippen molar-refractivity contribution in [1.29, 1.82) is 0 Å². The van der Waals surface area contributed by atoms with Gasteiger partial charge in [-0.1, -0.05) is 44.9 Å². The molecular formula is C20H27F6NO5S. The lowest BCUT2D eigenvalue weighted by Gasteiger charge is -2.26. The molecule has 0 aliphatic heterocycles. The molecule has 6 nitrogen and oxygen atoms in total. The summed E-state index contributed by atoms with van der Waals surface area (Å²) in [5.74, 6) is -0.331. The molecular weight excluding hydrogens is 480 g/mol. The van der Waals surface area contributed by atoms with Crippen molar-refractivity contribution < 1.29 is 48.8 Å². The largest absolute Gasteiger partial charge is 0.467 e. The van der Waals surface area contributed by atoms with Crippen LogP contribution in [-0.2, 0) is 14.9 Å². The zero-order valence-corrected chi connectivity index (χ0v) is 18.6. The second kappa shape index (κ2) is 13.1. The van der Waals surface area contributed by atoms with Crippen LogP contribution in [0, 0.1) is 0 Å². The molecule has 0 amide bonds. The first kappa shape index (κ1) is 29.2. The summed E-state index contributed by atoms with van der Waals surface area (Å²) in [6, 6.07) is 4.73. The summed E-state index contributed by atoms with van der Waals surface area (Å²) in [6.07, 6.45) is -5.57. The lowest BCUT2D eigenvalue weighted by atomic mass is 10.1. The number of halogens is 6. The third-order valence-corrected chi connectivity index (χ3v) is 5.60. The van der Waals surface area contributed by atoms with Gasteiger partial charge in [-0.15, -0.1) is 4.90 Å². The summed E-state index contributed by atoms with van der Waals surface area (Å²) in [5.41, 5.74) is 0. The van der Waals surface area contributed by atoms with Gasteiger partial charge >= 0.3 is 18.6 Å². The third kappa shape index (κ3) is 12.2. The van der Waals surface area contributed by atoms with Crippen LogP contribution in [0.4, 0.5) is 26.3 Å². The molecule has 13 heteroatoms. The van der Waals surface area contributed by atoms with Crippen LogP contribution in [0.25, 0.3) is 0 Å². The number of carbonyl (C=O) groups is 1. The topological polar surface area (TPSA) is 83.9 Å². The van der Waals surface area contributed by atoms with Crippen LogP contribution >= 0.6 is 0 Å². The molecule has 0 saturated heterocycles. The van der Waals surface area contributed by atoms with Gasteiger partial charge in [0.2, 0.25) is 0 Å². The second-order valence-corrected chi connectivity index (χ2v) is 8.86. The van der Waals surface area contributed by atoms with E-state index in [9.17, 15) is 39.6 Å². The van der Waals surface area contributed by atoms with Gasteiger partial charge in [-0.25, -0.2) is 0 Å². The van der Waals surface area contributed by atoms with E-state index in [0.29, 0.717) is 19.3 Å². The maximum atomic E-state index is 12.4. The normalized spacial score (nSPS) is 12.8. The zero-order chi connectivity index (χ0) is 25.1. The van der Waals surface area contributed by atoms with E-state index in [4.69, 9.17) is 9.29 Å².